The van der Waals surface area contributed by atoms with Crippen LogP contribution in [-0.2, 0) is 23.9 Å². The number of anilines is 3. The van der Waals surface area contributed by atoms with Gasteiger partial charge in [0.25, 0.3) is 0 Å². The lowest BCUT2D eigenvalue weighted by atomic mass is 9.99. The molecule has 7 nitrogen and oxygen atoms in total. The number of carbonyl (C=O) groups is 1. The van der Waals surface area contributed by atoms with Gasteiger partial charge in [-0.2, -0.15) is 18.2 Å². The van der Waals surface area contributed by atoms with Crippen LogP contribution < -0.4 is 10.6 Å². The number of hydrogen-bond donors (Lipinski definition) is 3. The van der Waals surface area contributed by atoms with Gasteiger partial charge in [-0.15, -0.1) is 0 Å². The second kappa shape index (κ2) is 8.10. The van der Waals surface area contributed by atoms with Gasteiger partial charge in [-0.05, 0) is 42.5 Å². The average molecular weight is 421 g/mol. The lowest BCUT2D eigenvalue weighted by Crippen LogP contribution is -2.36. The summed E-state index contributed by atoms with van der Waals surface area (Å²) in [4.78, 5) is 21.6. The molecule has 1 saturated carbocycles. The van der Waals surface area contributed by atoms with E-state index in [0.29, 0.717) is 25.2 Å². The van der Waals surface area contributed by atoms with Crippen molar-refractivity contribution >= 4 is 23.4 Å². The molecule has 2 aliphatic rings. The number of aliphatic hydroxyl groups is 1. The minimum Gasteiger partial charge on any atom is -0.396 e. The first-order valence-corrected chi connectivity index (χ1v) is 9.81. The fourth-order valence-electron chi connectivity index (χ4n) is 3.41. The molecule has 0 spiro atoms. The van der Waals surface area contributed by atoms with E-state index in [2.05, 4.69) is 20.6 Å². The van der Waals surface area contributed by atoms with Crippen LogP contribution in [0.2, 0.25) is 0 Å². The van der Waals surface area contributed by atoms with Gasteiger partial charge in [0.1, 0.15) is 11.4 Å². The Kier molecular flexibility index (Phi) is 5.50. The molecule has 10 heteroatoms. The summed E-state index contributed by atoms with van der Waals surface area (Å²) in [6.07, 6.45) is -1.31. The zero-order chi connectivity index (χ0) is 21.3. The molecule has 1 amide bonds. The Morgan fingerprint density at radius 1 is 1.27 bits per heavy atom. The number of aromatic nitrogens is 2. The number of aliphatic hydroxyl groups excluding tert-OH is 1. The summed E-state index contributed by atoms with van der Waals surface area (Å²) in [5.41, 5.74) is 1.85. The Balaban J connectivity index is 1.50. The van der Waals surface area contributed by atoms with Gasteiger partial charge >= 0.3 is 6.18 Å². The van der Waals surface area contributed by atoms with Crippen molar-refractivity contribution in [1.29, 1.82) is 0 Å². The summed E-state index contributed by atoms with van der Waals surface area (Å²) in [6, 6.07) is 5.59. The van der Waals surface area contributed by atoms with Gasteiger partial charge in [0.2, 0.25) is 11.9 Å². The number of hydrogen-bond acceptors (Lipinski definition) is 6. The van der Waals surface area contributed by atoms with Crippen LogP contribution in [0.1, 0.15) is 36.0 Å². The lowest BCUT2D eigenvalue weighted by molar-refractivity contribution is -0.137. The van der Waals surface area contributed by atoms with E-state index in [1.807, 2.05) is 12.1 Å². The second-order valence-electron chi connectivity index (χ2n) is 7.52. The van der Waals surface area contributed by atoms with E-state index < -0.39 is 11.7 Å². The average Bonchev–Trinajstić information content (AvgIpc) is 3.51. The molecular weight excluding hydrogens is 399 g/mol. The normalized spacial score (nSPS) is 16.2. The van der Waals surface area contributed by atoms with E-state index in [1.165, 1.54) is 0 Å². The summed E-state index contributed by atoms with van der Waals surface area (Å²) in [6.45, 7) is 0.859. The Hall–Kier alpha value is -2.88. The van der Waals surface area contributed by atoms with E-state index in [4.69, 9.17) is 5.11 Å². The quantitative estimate of drug-likeness (QED) is 0.664. The SMILES string of the molecule is O=C(CCO)N1CCc2cc(Nc3ncc(C(F)(F)F)c(NC4CC4)n3)ccc2C1. The highest BCUT2D eigenvalue weighted by Gasteiger charge is 2.37. The van der Waals surface area contributed by atoms with Crippen LogP contribution >= 0.6 is 0 Å². The van der Waals surface area contributed by atoms with Crippen molar-refractivity contribution in [3.05, 3.63) is 41.1 Å². The van der Waals surface area contributed by atoms with Gasteiger partial charge in [0.05, 0.1) is 6.61 Å². The zero-order valence-corrected chi connectivity index (χ0v) is 16.2. The van der Waals surface area contributed by atoms with Gasteiger partial charge < -0.3 is 20.6 Å². The lowest BCUT2D eigenvalue weighted by Gasteiger charge is -2.29. The summed E-state index contributed by atoms with van der Waals surface area (Å²) >= 11 is 0. The molecule has 0 bridgehead atoms. The number of nitrogens with one attached hydrogen (secondary N) is 2. The molecule has 3 N–H and O–H groups in total. The van der Waals surface area contributed by atoms with Gasteiger partial charge in [-0.1, -0.05) is 6.07 Å². The molecule has 2 heterocycles. The van der Waals surface area contributed by atoms with Crippen LogP contribution in [0.5, 0.6) is 0 Å². The highest BCUT2D eigenvalue weighted by atomic mass is 19.4. The largest absolute Gasteiger partial charge is 0.421 e. The third-order valence-electron chi connectivity index (χ3n) is 5.17. The maximum Gasteiger partial charge on any atom is 0.421 e. The number of amides is 1. The number of fused-ring (bicyclic) bond motifs is 1. The van der Waals surface area contributed by atoms with Crippen molar-refractivity contribution in [2.75, 3.05) is 23.8 Å². The van der Waals surface area contributed by atoms with Crippen LogP contribution in [-0.4, -0.2) is 45.1 Å². The molecule has 4 rings (SSSR count). The fraction of sp³-hybridized carbons (Fsp3) is 0.450. The molecule has 1 fully saturated rings. The highest BCUT2D eigenvalue weighted by Crippen LogP contribution is 2.36. The van der Waals surface area contributed by atoms with Crippen LogP contribution in [0, 0.1) is 0 Å². The van der Waals surface area contributed by atoms with Gasteiger partial charge in [0.15, 0.2) is 0 Å². The molecule has 1 aromatic carbocycles. The van der Waals surface area contributed by atoms with Crippen molar-refractivity contribution in [2.45, 2.75) is 44.4 Å². The molecule has 160 valence electrons. The zero-order valence-electron chi connectivity index (χ0n) is 16.2. The Morgan fingerprint density at radius 2 is 2.07 bits per heavy atom. The minimum absolute atomic E-state index is 0.0223. The predicted octanol–water partition coefficient (Wildman–Crippen LogP) is 3.08. The molecular formula is C20H22F3N5O2. The molecule has 0 atom stereocenters. The summed E-state index contributed by atoms with van der Waals surface area (Å²) in [7, 11) is 0. The van der Waals surface area contributed by atoms with E-state index in [9.17, 15) is 18.0 Å². The first-order valence-electron chi connectivity index (χ1n) is 9.81. The van der Waals surface area contributed by atoms with Gasteiger partial charge in [0, 0.05) is 37.4 Å². The van der Waals surface area contributed by atoms with Crippen LogP contribution in [0.15, 0.2) is 24.4 Å². The number of carbonyl (C=O) groups excluding carboxylic acids is 1. The molecule has 2 aromatic rings. The molecule has 0 saturated heterocycles. The monoisotopic (exact) mass is 421 g/mol. The summed E-state index contributed by atoms with van der Waals surface area (Å²) in [5, 5.41) is 14.7. The third kappa shape index (κ3) is 4.64. The summed E-state index contributed by atoms with van der Waals surface area (Å²) < 4.78 is 39.7. The molecule has 30 heavy (non-hydrogen) atoms. The van der Waals surface area contributed by atoms with Gasteiger partial charge in [-0.3, -0.25) is 4.79 Å². The van der Waals surface area contributed by atoms with E-state index in [0.717, 1.165) is 30.2 Å². The number of alkyl halides is 3. The molecule has 1 aromatic heterocycles. The van der Waals surface area contributed by atoms with Crippen molar-refractivity contribution in [1.82, 2.24) is 14.9 Å². The summed E-state index contributed by atoms with van der Waals surface area (Å²) in [5.74, 6) is -0.209. The maximum atomic E-state index is 13.2. The molecule has 0 unspecified atom stereocenters. The Bertz CT molecular complexity index is 947. The topological polar surface area (TPSA) is 90.4 Å². The standard InChI is InChI=1S/C20H22F3N5O2/c21-20(22,23)16-10-24-19(27-18(16)25-14-3-4-14)26-15-2-1-13-11-28(17(30)6-8-29)7-5-12(13)9-15/h1-2,9-10,14,29H,3-8,11H2,(H2,24,25,26,27). The van der Waals surface area contributed by atoms with Crippen LogP contribution in [0.4, 0.5) is 30.6 Å². The first-order chi connectivity index (χ1) is 14.3. The second-order valence-corrected chi connectivity index (χ2v) is 7.52. The highest BCUT2D eigenvalue weighted by molar-refractivity contribution is 5.76. The third-order valence-corrected chi connectivity index (χ3v) is 5.17. The number of benzene rings is 1. The number of nitrogens with zero attached hydrogens (tertiary/aromatic N) is 3. The minimum atomic E-state index is -4.53. The smallest absolute Gasteiger partial charge is 0.396 e. The molecule has 1 aliphatic carbocycles. The van der Waals surface area contributed by atoms with Crippen LogP contribution in [0.3, 0.4) is 0 Å². The van der Waals surface area contributed by atoms with E-state index in [-0.39, 0.29) is 36.7 Å². The first kappa shape index (κ1) is 20.4. The Morgan fingerprint density at radius 3 is 2.77 bits per heavy atom. The predicted molar refractivity (Wildman–Crippen MR) is 104 cm³/mol. The van der Waals surface area contributed by atoms with Crippen molar-refractivity contribution in [3.8, 4) is 0 Å². The van der Waals surface area contributed by atoms with Crippen molar-refractivity contribution in [2.24, 2.45) is 0 Å². The number of rotatable bonds is 6. The fourth-order valence-corrected chi connectivity index (χ4v) is 3.41. The van der Waals surface area contributed by atoms with E-state index in [1.54, 1.807) is 11.0 Å². The molecule has 0 radical (unpaired) electrons. The van der Waals surface area contributed by atoms with Crippen LogP contribution in [0.25, 0.3) is 0 Å². The Labute approximate surface area is 171 Å². The molecule has 1 aliphatic heterocycles. The maximum absolute atomic E-state index is 13.2. The number of halogens is 3. The van der Waals surface area contributed by atoms with Crippen molar-refractivity contribution in [3.63, 3.8) is 0 Å². The van der Waals surface area contributed by atoms with E-state index >= 15 is 0 Å². The van der Waals surface area contributed by atoms with Crippen molar-refractivity contribution < 1.29 is 23.1 Å². The van der Waals surface area contributed by atoms with Gasteiger partial charge in [-0.25, -0.2) is 4.98 Å².